The highest BCUT2D eigenvalue weighted by Crippen LogP contribution is 2.41. The number of nitrogens with zero attached hydrogens (tertiary/aromatic N) is 2. The van der Waals surface area contributed by atoms with Gasteiger partial charge < -0.3 is 10.2 Å². The Bertz CT molecular complexity index is 814. The second-order valence-corrected chi connectivity index (χ2v) is 5.73. The number of halogens is 1. The summed E-state index contributed by atoms with van der Waals surface area (Å²) in [5.74, 6) is -4.92. The number of carbonyl (C=O) groups is 2. The second-order valence-electron chi connectivity index (χ2n) is 5.32. The predicted octanol–water partition coefficient (Wildman–Crippen LogP) is 2.87. The van der Waals surface area contributed by atoms with Crippen LogP contribution in [0.2, 0.25) is 5.02 Å². The molecule has 0 spiro atoms. The average molecular weight is 353 g/mol. The normalized spacial score (nSPS) is 20.5. The molecule has 0 aliphatic carbocycles. The number of hydrogen-bond acceptors (Lipinski definition) is 5. The first kappa shape index (κ1) is 17.6. The zero-order chi connectivity index (χ0) is 18.2. The summed E-state index contributed by atoms with van der Waals surface area (Å²) in [5, 5.41) is 29.9. The van der Waals surface area contributed by atoms with Gasteiger partial charge in [0.2, 0.25) is 0 Å². The molecule has 2 atom stereocenters. The smallest absolute Gasteiger partial charge is 0.334 e. The molecule has 1 heterocycles. The highest BCUT2D eigenvalue weighted by molar-refractivity contribution is 6.32. The summed E-state index contributed by atoms with van der Waals surface area (Å²) in [6, 6.07) is 3.76. The van der Waals surface area contributed by atoms with Crippen LogP contribution < -0.4 is 0 Å². The standard InChI is InChI=1S/C15H13ClN2O6/c1-6-11(14(19)20)13(12(15(21)22)7(2)17-6)8-3-4-9(16)10(5-8)18(23)24/h3-5,11,13H,1-2H3,(H,19,20)(H,21,22). The minimum absolute atomic E-state index is 0.116. The van der Waals surface area contributed by atoms with Gasteiger partial charge in [-0.15, -0.1) is 0 Å². The van der Waals surface area contributed by atoms with Crippen LogP contribution in [0.5, 0.6) is 0 Å². The van der Waals surface area contributed by atoms with Crippen LogP contribution >= 0.6 is 11.6 Å². The van der Waals surface area contributed by atoms with Gasteiger partial charge in [0, 0.05) is 23.4 Å². The van der Waals surface area contributed by atoms with Crippen LogP contribution in [-0.2, 0) is 9.59 Å². The third kappa shape index (κ3) is 3.00. The molecule has 1 aromatic rings. The molecule has 2 unspecified atom stereocenters. The Balaban J connectivity index is 2.73. The van der Waals surface area contributed by atoms with Gasteiger partial charge in [-0.2, -0.15) is 0 Å². The molecule has 24 heavy (non-hydrogen) atoms. The van der Waals surface area contributed by atoms with E-state index < -0.39 is 34.4 Å². The van der Waals surface area contributed by atoms with Gasteiger partial charge in [0.1, 0.15) is 10.9 Å². The topological polar surface area (TPSA) is 130 Å². The quantitative estimate of drug-likeness (QED) is 0.632. The first-order valence-corrected chi connectivity index (χ1v) is 7.18. The number of carboxylic acid groups (broad SMARTS) is 2. The van der Waals surface area contributed by atoms with E-state index in [1.807, 2.05) is 0 Å². The molecular weight excluding hydrogens is 340 g/mol. The maximum atomic E-state index is 11.7. The van der Waals surface area contributed by atoms with Crippen LogP contribution in [0.3, 0.4) is 0 Å². The van der Waals surface area contributed by atoms with E-state index in [9.17, 15) is 29.9 Å². The van der Waals surface area contributed by atoms with Crippen LogP contribution in [-0.4, -0.2) is 32.8 Å². The Morgan fingerprint density at radius 3 is 2.42 bits per heavy atom. The zero-order valence-corrected chi connectivity index (χ0v) is 13.4. The highest BCUT2D eigenvalue weighted by atomic mass is 35.5. The fourth-order valence-electron chi connectivity index (χ4n) is 2.86. The lowest BCUT2D eigenvalue weighted by Crippen LogP contribution is -2.34. The van der Waals surface area contributed by atoms with E-state index in [2.05, 4.69) is 4.99 Å². The Labute approximate surface area is 141 Å². The van der Waals surface area contributed by atoms with Crippen molar-refractivity contribution in [2.45, 2.75) is 19.8 Å². The lowest BCUT2D eigenvalue weighted by atomic mass is 9.75. The molecule has 0 bridgehead atoms. The Hall–Kier alpha value is -2.74. The molecule has 1 aliphatic heterocycles. The minimum Gasteiger partial charge on any atom is -0.481 e. The van der Waals surface area contributed by atoms with E-state index >= 15 is 0 Å². The van der Waals surface area contributed by atoms with Crippen molar-refractivity contribution in [2.24, 2.45) is 10.9 Å². The van der Waals surface area contributed by atoms with Crippen molar-refractivity contribution in [3.8, 4) is 0 Å². The average Bonchev–Trinajstić information content (AvgIpc) is 2.45. The summed E-state index contributed by atoms with van der Waals surface area (Å²) < 4.78 is 0. The van der Waals surface area contributed by atoms with Crippen molar-refractivity contribution < 1.29 is 24.7 Å². The summed E-state index contributed by atoms with van der Waals surface area (Å²) in [6.45, 7) is 2.95. The number of allylic oxidation sites excluding steroid dienone is 1. The number of benzene rings is 1. The molecule has 0 saturated carbocycles. The molecule has 2 N–H and O–H groups in total. The summed E-state index contributed by atoms with van der Waals surface area (Å²) in [5.41, 5.74) is -0.0392. The molecule has 1 aromatic carbocycles. The van der Waals surface area contributed by atoms with Crippen molar-refractivity contribution in [1.29, 1.82) is 0 Å². The number of hydrogen-bond donors (Lipinski definition) is 2. The van der Waals surface area contributed by atoms with Crippen LogP contribution in [0.4, 0.5) is 5.69 Å². The third-order valence-electron chi connectivity index (χ3n) is 3.85. The monoisotopic (exact) mass is 352 g/mol. The second kappa shape index (κ2) is 6.40. The summed E-state index contributed by atoms with van der Waals surface area (Å²) in [4.78, 5) is 37.7. The molecule has 0 radical (unpaired) electrons. The first-order chi connectivity index (χ1) is 11.1. The number of nitro benzene ring substituents is 1. The van der Waals surface area contributed by atoms with Gasteiger partial charge in [-0.25, -0.2) is 4.79 Å². The molecule has 2 rings (SSSR count). The lowest BCUT2D eigenvalue weighted by molar-refractivity contribution is -0.384. The van der Waals surface area contributed by atoms with Crippen molar-refractivity contribution in [3.63, 3.8) is 0 Å². The van der Waals surface area contributed by atoms with Gasteiger partial charge >= 0.3 is 11.9 Å². The van der Waals surface area contributed by atoms with Gasteiger partial charge in [-0.1, -0.05) is 17.7 Å². The van der Waals surface area contributed by atoms with Gasteiger partial charge in [0.05, 0.1) is 10.5 Å². The Kier molecular flexibility index (Phi) is 4.70. The SMILES string of the molecule is CC1=NC(C)=C(C(=O)O)C(c2ccc(Cl)c([N+](=O)[O-])c2)C1C(=O)O. The molecule has 1 aliphatic rings. The highest BCUT2D eigenvalue weighted by Gasteiger charge is 2.41. The van der Waals surface area contributed by atoms with Gasteiger partial charge in [0.25, 0.3) is 5.69 Å². The first-order valence-electron chi connectivity index (χ1n) is 6.81. The van der Waals surface area contributed by atoms with Crippen molar-refractivity contribution in [1.82, 2.24) is 0 Å². The minimum atomic E-state index is -1.32. The summed E-state index contributed by atoms with van der Waals surface area (Å²) >= 11 is 5.78. The van der Waals surface area contributed by atoms with Gasteiger partial charge in [0.15, 0.2) is 0 Å². The number of aliphatic carboxylic acids is 2. The van der Waals surface area contributed by atoms with E-state index in [1.165, 1.54) is 26.0 Å². The largest absolute Gasteiger partial charge is 0.481 e. The van der Waals surface area contributed by atoms with E-state index in [0.29, 0.717) is 0 Å². The van der Waals surface area contributed by atoms with E-state index in [4.69, 9.17) is 11.6 Å². The van der Waals surface area contributed by atoms with Crippen LogP contribution in [0.15, 0.2) is 34.5 Å². The number of carboxylic acids is 2. The zero-order valence-electron chi connectivity index (χ0n) is 12.7. The lowest BCUT2D eigenvalue weighted by Gasteiger charge is -2.29. The predicted molar refractivity (Wildman–Crippen MR) is 85.4 cm³/mol. The van der Waals surface area contributed by atoms with Crippen LogP contribution in [0.25, 0.3) is 0 Å². The van der Waals surface area contributed by atoms with Crippen molar-refractivity contribution in [2.75, 3.05) is 0 Å². The Morgan fingerprint density at radius 2 is 1.92 bits per heavy atom. The van der Waals surface area contributed by atoms with Crippen LogP contribution in [0, 0.1) is 16.0 Å². The molecule has 0 amide bonds. The summed E-state index contributed by atoms with van der Waals surface area (Å²) in [7, 11) is 0. The Morgan fingerprint density at radius 1 is 1.29 bits per heavy atom. The molecule has 126 valence electrons. The van der Waals surface area contributed by atoms with E-state index in [-0.39, 0.29) is 27.6 Å². The third-order valence-corrected chi connectivity index (χ3v) is 4.17. The summed E-state index contributed by atoms with van der Waals surface area (Å²) in [6.07, 6.45) is 0. The van der Waals surface area contributed by atoms with Crippen molar-refractivity contribution >= 4 is 34.9 Å². The molecule has 0 saturated heterocycles. The number of nitro groups is 1. The molecule has 0 fully saturated rings. The van der Waals surface area contributed by atoms with Gasteiger partial charge in [-0.3, -0.25) is 19.9 Å². The fraction of sp³-hybridized carbons (Fsp3) is 0.267. The van der Waals surface area contributed by atoms with Crippen molar-refractivity contribution in [3.05, 3.63) is 50.2 Å². The molecular formula is C15H13ClN2O6. The fourth-order valence-corrected chi connectivity index (χ4v) is 3.04. The maximum Gasteiger partial charge on any atom is 0.334 e. The number of rotatable bonds is 4. The molecule has 0 aromatic heterocycles. The maximum absolute atomic E-state index is 11.7. The number of aliphatic imine (C=N–C) groups is 1. The van der Waals surface area contributed by atoms with Gasteiger partial charge in [-0.05, 0) is 25.5 Å². The molecule has 8 nitrogen and oxygen atoms in total. The van der Waals surface area contributed by atoms with E-state index in [1.54, 1.807) is 0 Å². The van der Waals surface area contributed by atoms with Crippen LogP contribution in [0.1, 0.15) is 25.3 Å². The van der Waals surface area contributed by atoms with E-state index in [0.717, 1.165) is 6.07 Å². The molecule has 9 heteroatoms.